The molecule has 0 amide bonds. The van der Waals surface area contributed by atoms with E-state index in [-0.39, 0.29) is 19.3 Å². The van der Waals surface area contributed by atoms with Crippen molar-refractivity contribution in [2.24, 2.45) is 5.73 Å². The first-order valence-corrected chi connectivity index (χ1v) is 6.95. The number of hydrogen-bond acceptors (Lipinski definition) is 4. The summed E-state index contributed by atoms with van der Waals surface area (Å²) in [6.07, 6.45) is 9.23. The van der Waals surface area contributed by atoms with Crippen LogP contribution in [0.1, 0.15) is 5.56 Å². The molecule has 0 saturated heterocycles. The highest BCUT2D eigenvalue weighted by atomic mass is 35.5. The molecule has 1 aliphatic rings. The van der Waals surface area contributed by atoms with Gasteiger partial charge in [-0.05, 0) is 29.4 Å². The Kier molecular flexibility index (Phi) is 5.01. The fraction of sp³-hybridized carbons (Fsp3) is 0.429. The van der Waals surface area contributed by atoms with E-state index < -0.39 is 5.00 Å². The molecule has 0 fully saturated rings. The zero-order valence-electron chi connectivity index (χ0n) is 11.2. The zero-order valence-corrected chi connectivity index (χ0v) is 11.9. The number of aliphatic hydroxyl groups excluding tert-OH is 2. The lowest BCUT2D eigenvalue weighted by molar-refractivity contribution is 0.139. The monoisotopic (exact) mass is 297 g/mol. The minimum Gasteiger partial charge on any atom is -0.395 e. The van der Waals surface area contributed by atoms with Crippen molar-refractivity contribution in [2.75, 3.05) is 26.3 Å². The summed E-state index contributed by atoms with van der Waals surface area (Å²) in [7, 11) is 0. The van der Waals surface area contributed by atoms with E-state index in [0.717, 1.165) is 11.1 Å². The van der Waals surface area contributed by atoms with Gasteiger partial charge in [0.25, 0.3) is 0 Å². The molecule has 2 unspecified atom stereocenters. The molecule has 110 valence electrons. The first-order valence-electron chi connectivity index (χ1n) is 6.57. The average Bonchev–Trinajstić information content (AvgIpc) is 2.95. The van der Waals surface area contributed by atoms with Gasteiger partial charge in [0.15, 0.2) is 0 Å². The van der Waals surface area contributed by atoms with Crippen molar-refractivity contribution in [3.8, 4) is 0 Å². The molecule has 5 N–H and O–H groups in total. The van der Waals surface area contributed by atoms with Crippen LogP contribution >= 0.6 is 11.6 Å². The van der Waals surface area contributed by atoms with Crippen LogP contribution in [0.25, 0.3) is 5.57 Å². The lowest BCUT2D eigenvalue weighted by Crippen LogP contribution is -2.46. The normalized spacial score (nSPS) is 26.1. The van der Waals surface area contributed by atoms with Gasteiger partial charge in [-0.1, -0.05) is 17.7 Å². The molecular weight excluding hydrogens is 278 g/mol. The molecule has 0 radical (unpaired) electrons. The molecule has 0 aliphatic heterocycles. The van der Waals surface area contributed by atoms with E-state index >= 15 is 0 Å². The molecule has 0 saturated carbocycles. The summed E-state index contributed by atoms with van der Waals surface area (Å²) < 4.78 is 0. The van der Waals surface area contributed by atoms with E-state index in [9.17, 15) is 0 Å². The van der Waals surface area contributed by atoms with Crippen molar-refractivity contribution in [1.82, 2.24) is 9.88 Å². The Morgan fingerprint density at radius 2 is 2.05 bits per heavy atom. The van der Waals surface area contributed by atoms with Gasteiger partial charge in [0, 0.05) is 31.5 Å². The maximum absolute atomic E-state index is 9.15. The van der Waals surface area contributed by atoms with Gasteiger partial charge in [0.2, 0.25) is 0 Å². The number of hydrogen-bond donors (Lipinski definition) is 4. The summed E-state index contributed by atoms with van der Waals surface area (Å²) in [5, 5.41) is 18.3. The topological polar surface area (TPSA) is 85.5 Å². The van der Waals surface area contributed by atoms with Gasteiger partial charge < -0.3 is 20.9 Å². The number of aromatic amines is 1. The predicted molar refractivity (Wildman–Crippen MR) is 80.2 cm³/mol. The SMILES string of the molecule is NC1C=CC(Cl)(N(CCO)CCO)C=C1c1cc[nH]c1. The standard InChI is InChI=1S/C14H20ClN3O2/c15-14(18(5-7-19)6-8-20)3-1-13(16)12(9-14)11-2-4-17-10-11/h1-4,9-10,13,17,19-20H,5-8,16H2. The Labute approximate surface area is 123 Å². The number of alkyl halides is 1. The Hall–Kier alpha value is -1.11. The van der Waals surface area contributed by atoms with Gasteiger partial charge in [-0.2, -0.15) is 0 Å². The molecule has 6 heteroatoms. The maximum Gasteiger partial charge on any atom is 0.134 e. The Morgan fingerprint density at radius 3 is 2.60 bits per heavy atom. The molecule has 0 spiro atoms. The number of H-pyrrole nitrogens is 1. The van der Waals surface area contributed by atoms with Crippen LogP contribution in [0.4, 0.5) is 0 Å². The molecule has 1 aromatic rings. The molecule has 0 aromatic carbocycles. The molecule has 5 nitrogen and oxygen atoms in total. The van der Waals surface area contributed by atoms with E-state index in [4.69, 9.17) is 27.5 Å². The van der Waals surface area contributed by atoms with Crippen LogP contribution in [-0.4, -0.2) is 57.4 Å². The lowest BCUT2D eigenvalue weighted by Gasteiger charge is -2.37. The van der Waals surface area contributed by atoms with Crippen LogP contribution in [0.15, 0.2) is 36.7 Å². The molecule has 1 aromatic heterocycles. The van der Waals surface area contributed by atoms with E-state index in [2.05, 4.69) is 4.98 Å². The third kappa shape index (κ3) is 3.13. The highest BCUT2D eigenvalue weighted by molar-refractivity contribution is 6.27. The zero-order chi connectivity index (χ0) is 14.6. The molecule has 2 atom stereocenters. The molecular formula is C14H20ClN3O2. The van der Waals surface area contributed by atoms with Gasteiger partial charge in [-0.15, -0.1) is 0 Å². The van der Waals surface area contributed by atoms with Gasteiger partial charge in [0.1, 0.15) is 5.00 Å². The first-order chi connectivity index (χ1) is 9.60. The molecule has 2 rings (SSSR count). The number of halogens is 1. The summed E-state index contributed by atoms with van der Waals surface area (Å²) in [6.45, 7) is 0.699. The maximum atomic E-state index is 9.15. The quantitative estimate of drug-likeness (QED) is 0.350. The average molecular weight is 298 g/mol. The summed E-state index contributed by atoms with van der Waals surface area (Å²) in [4.78, 5) is 3.93. The fourth-order valence-corrected chi connectivity index (χ4v) is 2.74. The van der Waals surface area contributed by atoms with Crippen molar-refractivity contribution in [1.29, 1.82) is 0 Å². The molecule has 1 aliphatic carbocycles. The first kappa shape index (κ1) is 15.3. The minimum atomic E-state index is -0.881. The van der Waals surface area contributed by atoms with Gasteiger partial charge in [0.05, 0.1) is 13.2 Å². The van der Waals surface area contributed by atoms with E-state index in [1.807, 2.05) is 35.5 Å². The number of aliphatic hydroxyl groups is 2. The second-order valence-electron chi connectivity index (χ2n) is 4.75. The molecule has 1 heterocycles. The third-order valence-electron chi connectivity index (χ3n) is 3.41. The lowest BCUT2D eigenvalue weighted by atomic mass is 9.92. The number of nitrogens with two attached hydrogens (primary N) is 1. The Morgan fingerprint density at radius 1 is 1.35 bits per heavy atom. The van der Waals surface area contributed by atoms with E-state index in [1.54, 1.807) is 6.08 Å². The van der Waals surface area contributed by atoms with E-state index in [1.165, 1.54) is 0 Å². The number of aromatic nitrogens is 1. The van der Waals surface area contributed by atoms with Crippen molar-refractivity contribution < 1.29 is 10.2 Å². The minimum absolute atomic E-state index is 0.0261. The molecule has 20 heavy (non-hydrogen) atoms. The second kappa shape index (κ2) is 6.56. The van der Waals surface area contributed by atoms with Crippen LogP contribution in [0.5, 0.6) is 0 Å². The second-order valence-corrected chi connectivity index (χ2v) is 5.35. The number of rotatable bonds is 6. The Bertz CT molecular complexity index is 481. The summed E-state index contributed by atoms with van der Waals surface area (Å²) in [5.41, 5.74) is 8.00. The van der Waals surface area contributed by atoms with Crippen LogP contribution in [0, 0.1) is 0 Å². The largest absolute Gasteiger partial charge is 0.395 e. The van der Waals surface area contributed by atoms with Crippen LogP contribution in [0.3, 0.4) is 0 Å². The van der Waals surface area contributed by atoms with Gasteiger partial charge in [-0.25, -0.2) is 0 Å². The summed E-state index contributed by atoms with van der Waals surface area (Å²) >= 11 is 6.65. The Balaban J connectivity index is 2.32. The van der Waals surface area contributed by atoms with Crippen LogP contribution in [-0.2, 0) is 0 Å². The number of nitrogens with zero attached hydrogens (tertiary/aromatic N) is 1. The van der Waals surface area contributed by atoms with Gasteiger partial charge in [-0.3, -0.25) is 4.90 Å². The number of nitrogens with one attached hydrogen (secondary N) is 1. The van der Waals surface area contributed by atoms with Crippen molar-refractivity contribution in [3.63, 3.8) is 0 Å². The highest BCUT2D eigenvalue weighted by Gasteiger charge is 2.33. The summed E-state index contributed by atoms with van der Waals surface area (Å²) in [5.74, 6) is 0. The smallest absolute Gasteiger partial charge is 0.134 e. The van der Waals surface area contributed by atoms with Crippen molar-refractivity contribution in [3.05, 3.63) is 42.3 Å². The van der Waals surface area contributed by atoms with Gasteiger partial charge >= 0.3 is 0 Å². The fourth-order valence-electron chi connectivity index (χ4n) is 2.38. The summed E-state index contributed by atoms with van der Waals surface area (Å²) in [6, 6.07) is 1.72. The highest BCUT2D eigenvalue weighted by Crippen LogP contribution is 2.34. The molecule has 0 bridgehead atoms. The van der Waals surface area contributed by atoms with Crippen molar-refractivity contribution in [2.45, 2.75) is 11.0 Å². The van der Waals surface area contributed by atoms with Crippen LogP contribution < -0.4 is 5.73 Å². The predicted octanol–water partition coefficient (Wildman–Crippen LogP) is 0.517. The van der Waals surface area contributed by atoms with Crippen molar-refractivity contribution >= 4 is 17.2 Å². The van der Waals surface area contributed by atoms with Crippen LogP contribution in [0.2, 0.25) is 0 Å². The third-order valence-corrected chi connectivity index (χ3v) is 3.88. The van der Waals surface area contributed by atoms with E-state index in [0.29, 0.717) is 13.1 Å².